The van der Waals surface area contributed by atoms with Gasteiger partial charge >= 0.3 is 0 Å². The van der Waals surface area contributed by atoms with Gasteiger partial charge in [0.2, 0.25) is 0 Å². The van der Waals surface area contributed by atoms with Crippen LogP contribution in [0.25, 0.3) is 0 Å². The summed E-state index contributed by atoms with van der Waals surface area (Å²) in [5.74, 6) is 2.11. The maximum atomic E-state index is 12.3. The summed E-state index contributed by atoms with van der Waals surface area (Å²) in [5, 5.41) is 0. The molecule has 0 unspecified atom stereocenters. The van der Waals surface area contributed by atoms with E-state index in [1.807, 2.05) is 24.3 Å². The van der Waals surface area contributed by atoms with Gasteiger partial charge in [-0.25, -0.2) is 0 Å². The lowest BCUT2D eigenvalue weighted by atomic mass is 10.0. The lowest BCUT2D eigenvalue weighted by molar-refractivity contribution is 0.440. The topological polar surface area (TPSA) is 46.1 Å². The highest BCUT2D eigenvalue weighted by Gasteiger charge is 2.44. The Hall–Kier alpha value is 0.320. The van der Waals surface area contributed by atoms with Gasteiger partial charge in [0.05, 0.1) is 11.5 Å². The summed E-state index contributed by atoms with van der Waals surface area (Å²) in [5.41, 5.74) is 0.928. The zero-order chi connectivity index (χ0) is 13.3. The second-order valence-corrected chi connectivity index (χ2v) is 9.33. The summed E-state index contributed by atoms with van der Waals surface area (Å²) in [4.78, 5) is 0. The van der Waals surface area contributed by atoms with Gasteiger partial charge in [-0.2, -0.15) is 0 Å². The molecule has 0 aromatic heterocycles. The molecule has 2 atom stereocenters. The van der Waals surface area contributed by atoms with Crippen LogP contribution in [0, 0.1) is 11.8 Å². The first kappa shape index (κ1) is 14.7. The summed E-state index contributed by atoms with van der Waals surface area (Å²) in [6, 6.07) is 7.66. The van der Waals surface area contributed by atoms with E-state index < -0.39 is 22.4 Å². The molecule has 1 aromatic carbocycles. The molecule has 100 valence electrons. The van der Waals surface area contributed by atoms with Crippen molar-refractivity contribution in [1.82, 2.24) is 0 Å². The normalized spacial score (nSPS) is 32.8. The molecule has 2 rings (SSSR count). The number of rotatable bonds is 2. The minimum absolute atomic E-state index is 0.312. The standard InChI is InChI=1S/C13H17BrO2S2/c1-9(2)11-7-17(15)13(18(16)8-11)10-3-5-12(14)6-4-10/h3-6,9,11,13H,7-8H2,1-2H3/t11?,13?,17-,18-/m1/s1. The first-order valence-electron chi connectivity index (χ1n) is 5.99. The van der Waals surface area contributed by atoms with Gasteiger partial charge in [0.1, 0.15) is 11.5 Å². The van der Waals surface area contributed by atoms with Crippen molar-refractivity contribution in [3.8, 4) is 0 Å². The highest BCUT2D eigenvalue weighted by atomic mass is 79.9. The Kier molecular flexibility index (Phi) is 5.06. The zero-order valence-electron chi connectivity index (χ0n) is 10.5. The first-order valence-corrected chi connectivity index (χ1v) is 9.54. The van der Waals surface area contributed by atoms with Gasteiger partial charge in [-0.1, -0.05) is 29.8 Å². The molecule has 0 saturated carbocycles. The van der Waals surface area contributed by atoms with Gasteiger partial charge in [0, 0.05) is 26.8 Å². The Morgan fingerprint density at radius 1 is 1.11 bits per heavy atom. The van der Waals surface area contributed by atoms with Crippen molar-refractivity contribution < 1.29 is 9.11 Å². The van der Waals surface area contributed by atoms with Gasteiger partial charge in [-0.05, 0) is 30.2 Å². The van der Waals surface area contributed by atoms with E-state index in [9.17, 15) is 9.11 Å². The Balaban J connectivity index is 2.17. The number of benzene rings is 1. The molecule has 1 aliphatic rings. The molecule has 0 aliphatic carbocycles. The summed E-state index contributed by atoms with van der Waals surface area (Å²) in [7, 11) is 0. The molecule has 1 heterocycles. The molecule has 1 aliphatic heterocycles. The lowest BCUT2D eigenvalue weighted by Crippen LogP contribution is -2.40. The van der Waals surface area contributed by atoms with Gasteiger partial charge in [0.15, 0.2) is 0 Å². The van der Waals surface area contributed by atoms with E-state index in [4.69, 9.17) is 0 Å². The molecule has 5 heteroatoms. The highest BCUT2D eigenvalue weighted by molar-refractivity contribution is 9.10. The van der Waals surface area contributed by atoms with Crippen molar-refractivity contribution in [3.05, 3.63) is 34.3 Å². The summed E-state index contributed by atoms with van der Waals surface area (Å²) in [6.07, 6.45) is 0. The average Bonchev–Trinajstić information content (AvgIpc) is 2.30. The molecule has 0 spiro atoms. The van der Waals surface area contributed by atoms with Crippen molar-refractivity contribution in [2.75, 3.05) is 11.5 Å². The summed E-state index contributed by atoms with van der Waals surface area (Å²) in [6.45, 7) is 4.22. The van der Waals surface area contributed by atoms with Gasteiger partial charge < -0.3 is 9.11 Å². The van der Waals surface area contributed by atoms with Crippen LogP contribution in [0.2, 0.25) is 0 Å². The largest absolute Gasteiger partial charge is 0.612 e. The second-order valence-electron chi connectivity index (χ2n) is 4.98. The molecule has 0 amide bonds. The molecule has 18 heavy (non-hydrogen) atoms. The monoisotopic (exact) mass is 348 g/mol. The van der Waals surface area contributed by atoms with E-state index >= 15 is 0 Å². The molecular weight excluding hydrogens is 332 g/mol. The molecule has 2 nitrogen and oxygen atoms in total. The maximum absolute atomic E-state index is 12.3. The van der Waals surface area contributed by atoms with E-state index in [1.54, 1.807) is 0 Å². The maximum Gasteiger partial charge on any atom is 0.287 e. The van der Waals surface area contributed by atoms with Crippen LogP contribution >= 0.6 is 15.9 Å². The number of hydrogen-bond acceptors (Lipinski definition) is 2. The molecule has 0 bridgehead atoms. The summed E-state index contributed by atoms with van der Waals surface area (Å²) >= 11 is 1.31. The smallest absolute Gasteiger partial charge is 0.287 e. The van der Waals surface area contributed by atoms with E-state index in [0.717, 1.165) is 10.0 Å². The predicted octanol–water partition coefficient (Wildman–Crippen LogP) is 3.23. The predicted molar refractivity (Wildman–Crippen MR) is 81.2 cm³/mol. The van der Waals surface area contributed by atoms with E-state index in [0.29, 0.717) is 23.3 Å². The summed E-state index contributed by atoms with van der Waals surface area (Å²) < 4.78 is 25.3. The fourth-order valence-electron chi connectivity index (χ4n) is 2.07. The third-order valence-electron chi connectivity index (χ3n) is 3.32. The quantitative estimate of drug-likeness (QED) is 0.770. The van der Waals surface area contributed by atoms with Crippen LogP contribution in [0.5, 0.6) is 0 Å². The minimum atomic E-state index is -1.03. The lowest BCUT2D eigenvalue weighted by Gasteiger charge is -2.34. The Labute approximate surface area is 123 Å². The average molecular weight is 349 g/mol. The van der Waals surface area contributed by atoms with Crippen LogP contribution in [0.15, 0.2) is 28.7 Å². The van der Waals surface area contributed by atoms with Crippen molar-refractivity contribution in [1.29, 1.82) is 0 Å². The fourth-order valence-corrected chi connectivity index (χ4v) is 7.04. The van der Waals surface area contributed by atoms with Crippen LogP contribution in [-0.4, -0.2) is 20.6 Å². The van der Waals surface area contributed by atoms with Crippen molar-refractivity contribution in [2.45, 2.75) is 18.4 Å². The number of hydrogen-bond donors (Lipinski definition) is 0. The van der Waals surface area contributed by atoms with Gasteiger partial charge in [-0.15, -0.1) is 0 Å². The molecular formula is C13H17BrO2S2. The van der Waals surface area contributed by atoms with Crippen LogP contribution < -0.4 is 0 Å². The molecule has 1 saturated heterocycles. The first-order chi connectivity index (χ1) is 8.49. The molecule has 1 aromatic rings. The van der Waals surface area contributed by atoms with Gasteiger partial charge in [0.25, 0.3) is 4.58 Å². The van der Waals surface area contributed by atoms with Crippen molar-refractivity contribution >= 4 is 38.3 Å². The molecule has 1 fully saturated rings. The van der Waals surface area contributed by atoms with E-state index in [-0.39, 0.29) is 4.58 Å². The Morgan fingerprint density at radius 3 is 2.06 bits per heavy atom. The third kappa shape index (κ3) is 3.25. The Morgan fingerprint density at radius 2 is 1.61 bits per heavy atom. The third-order valence-corrected chi connectivity index (χ3v) is 8.15. The number of halogens is 1. The van der Waals surface area contributed by atoms with Crippen molar-refractivity contribution in [2.24, 2.45) is 11.8 Å². The zero-order valence-corrected chi connectivity index (χ0v) is 13.7. The minimum Gasteiger partial charge on any atom is -0.612 e. The molecule has 0 radical (unpaired) electrons. The van der Waals surface area contributed by atoms with Crippen LogP contribution in [0.4, 0.5) is 0 Å². The van der Waals surface area contributed by atoms with Gasteiger partial charge in [-0.3, -0.25) is 0 Å². The van der Waals surface area contributed by atoms with Crippen molar-refractivity contribution in [3.63, 3.8) is 0 Å². The Bertz CT molecular complexity index is 384. The van der Waals surface area contributed by atoms with Crippen LogP contribution in [-0.2, 0) is 22.4 Å². The van der Waals surface area contributed by atoms with Crippen LogP contribution in [0.3, 0.4) is 0 Å². The van der Waals surface area contributed by atoms with E-state index in [1.165, 1.54) is 0 Å². The van der Waals surface area contributed by atoms with E-state index in [2.05, 4.69) is 29.8 Å². The van der Waals surface area contributed by atoms with Crippen LogP contribution in [0.1, 0.15) is 24.0 Å². The molecule has 0 N–H and O–H groups in total. The fraction of sp³-hybridized carbons (Fsp3) is 0.538. The second kappa shape index (κ2) is 6.18. The SMILES string of the molecule is CC(C)C1C[S@@+]([O-])C(c2ccc(Br)cc2)[S@+]([O-])C1. The highest BCUT2D eigenvalue weighted by Crippen LogP contribution is 2.38.